The predicted molar refractivity (Wildman–Crippen MR) is 85.4 cm³/mol. The van der Waals surface area contributed by atoms with Crippen molar-refractivity contribution in [3.8, 4) is 0 Å². The molecule has 1 aromatic carbocycles. The zero-order valence-electron chi connectivity index (χ0n) is 13.6. The van der Waals surface area contributed by atoms with Gasteiger partial charge >= 0.3 is 0 Å². The van der Waals surface area contributed by atoms with Gasteiger partial charge in [-0.25, -0.2) is 17.2 Å². The summed E-state index contributed by atoms with van der Waals surface area (Å²) in [5, 5.41) is 0. The summed E-state index contributed by atoms with van der Waals surface area (Å²) in [5.74, 6) is -0.766. The van der Waals surface area contributed by atoms with Gasteiger partial charge in [-0.1, -0.05) is 0 Å². The molecule has 0 radical (unpaired) electrons. The van der Waals surface area contributed by atoms with E-state index in [-0.39, 0.29) is 5.91 Å². The van der Waals surface area contributed by atoms with Crippen molar-refractivity contribution in [3.63, 3.8) is 0 Å². The van der Waals surface area contributed by atoms with Crippen molar-refractivity contribution in [2.45, 2.75) is 43.4 Å². The zero-order chi connectivity index (χ0) is 17.8. The van der Waals surface area contributed by atoms with Crippen LogP contribution in [0.3, 0.4) is 0 Å². The van der Waals surface area contributed by atoms with Gasteiger partial charge in [-0.15, -0.1) is 4.83 Å². The fraction of sp³-hybridized carbons (Fsp3) is 0.588. The van der Waals surface area contributed by atoms with Crippen molar-refractivity contribution in [2.75, 3.05) is 0 Å². The summed E-state index contributed by atoms with van der Waals surface area (Å²) < 4.78 is 51.1. The number of hydrogen-bond donors (Lipinski definition) is 2. The highest BCUT2D eigenvalue weighted by Gasteiger charge is 2.54. The maximum Gasteiger partial charge on any atom is 0.260 e. The number of benzene rings is 1. The number of carbonyl (C=O) groups excluding carboxylic acids is 1. The summed E-state index contributed by atoms with van der Waals surface area (Å²) in [7, 11) is -4.30. The number of nitrogens with one attached hydrogen (secondary N) is 2. The molecule has 25 heavy (non-hydrogen) atoms. The molecule has 5 rings (SSSR count). The van der Waals surface area contributed by atoms with E-state index in [1.54, 1.807) is 0 Å². The molecule has 0 saturated heterocycles. The fourth-order valence-electron chi connectivity index (χ4n) is 5.38. The maximum absolute atomic E-state index is 13.7. The van der Waals surface area contributed by atoms with Gasteiger partial charge in [-0.2, -0.15) is 0 Å². The Hall–Kier alpha value is -1.54. The first-order chi connectivity index (χ1) is 11.8. The van der Waals surface area contributed by atoms with Gasteiger partial charge in [0, 0.05) is 6.07 Å². The Kier molecular flexibility index (Phi) is 3.88. The molecule has 5 nitrogen and oxygen atoms in total. The molecule has 0 unspecified atom stereocenters. The lowest BCUT2D eigenvalue weighted by molar-refractivity contribution is -0.146. The summed E-state index contributed by atoms with van der Waals surface area (Å²) >= 11 is 0. The number of hydrogen-bond acceptors (Lipinski definition) is 3. The van der Waals surface area contributed by atoms with Crippen molar-refractivity contribution in [1.82, 2.24) is 10.3 Å². The van der Waals surface area contributed by atoms with Crippen molar-refractivity contribution < 1.29 is 22.0 Å². The molecular weight excluding hydrogens is 350 g/mol. The number of halogens is 2. The van der Waals surface area contributed by atoms with E-state index in [0.717, 1.165) is 50.7 Å². The molecule has 1 aromatic rings. The molecule has 0 aromatic heterocycles. The maximum atomic E-state index is 13.7. The first-order valence-corrected chi connectivity index (χ1v) is 10.0. The lowest BCUT2D eigenvalue weighted by Gasteiger charge is -2.55. The number of hydrazine groups is 1. The van der Waals surface area contributed by atoms with Crippen molar-refractivity contribution in [2.24, 2.45) is 23.2 Å². The van der Waals surface area contributed by atoms with Crippen LogP contribution in [0.4, 0.5) is 8.78 Å². The van der Waals surface area contributed by atoms with Crippen molar-refractivity contribution >= 4 is 15.9 Å². The average Bonchev–Trinajstić information content (AvgIpc) is 2.51. The Morgan fingerprint density at radius 2 is 1.60 bits per heavy atom. The second-order valence-corrected chi connectivity index (χ2v) is 9.48. The largest absolute Gasteiger partial charge is 0.277 e. The van der Waals surface area contributed by atoms with Crippen LogP contribution in [0.25, 0.3) is 0 Å². The number of carbonyl (C=O) groups is 1. The normalized spacial score (nSPS) is 33.4. The van der Waals surface area contributed by atoms with Gasteiger partial charge in [0.25, 0.3) is 10.0 Å². The molecule has 2 N–H and O–H groups in total. The Bertz CT molecular complexity index is 790. The van der Waals surface area contributed by atoms with E-state index >= 15 is 0 Å². The van der Waals surface area contributed by atoms with Crippen molar-refractivity contribution in [1.29, 1.82) is 0 Å². The highest BCUT2D eigenvalue weighted by atomic mass is 32.2. The van der Waals surface area contributed by atoms with Gasteiger partial charge in [0.2, 0.25) is 5.91 Å². The molecular formula is C17H20F2N2O3S. The molecule has 1 amide bonds. The van der Waals surface area contributed by atoms with Gasteiger partial charge in [0.15, 0.2) is 0 Å². The molecule has 0 atom stereocenters. The van der Waals surface area contributed by atoms with Gasteiger partial charge in [0.1, 0.15) is 16.5 Å². The number of sulfonamides is 1. The average molecular weight is 370 g/mol. The number of amides is 1. The molecule has 8 heteroatoms. The molecule has 4 bridgehead atoms. The summed E-state index contributed by atoms with van der Waals surface area (Å²) in [6, 6.07) is 2.19. The Morgan fingerprint density at radius 3 is 2.12 bits per heavy atom. The lowest BCUT2D eigenvalue weighted by Crippen LogP contribution is -2.56. The molecule has 4 aliphatic carbocycles. The van der Waals surface area contributed by atoms with E-state index in [1.807, 2.05) is 4.83 Å². The molecule has 4 saturated carbocycles. The van der Waals surface area contributed by atoms with Crippen LogP contribution in [0.1, 0.15) is 38.5 Å². The third-order valence-electron chi connectivity index (χ3n) is 6.00. The zero-order valence-corrected chi connectivity index (χ0v) is 14.4. The monoisotopic (exact) mass is 370 g/mol. The minimum Gasteiger partial charge on any atom is -0.277 e. The van der Waals surface area contributed by atoms with E-state index in [4.69, 9.17) is 0 Å². The van der Waals surface area contributed by atoms with Gasteiger partial charge in [-0.05, 0) is 68.4 Å². The van der Waals surface area contributed by atoms with Crippen LogP contribution in [0.2, 0.25) is 0 Å². The SMILES string of the molecule is O=C(NNS(=O)(=O)c1ccc(F)cc1F)C12CC3CC(CC(C3)C1)C2. The molecule has 4 aliphatic rings. The molecule has 136 valence electrons. The van der Waals surface area contributed by atoms with Crippen LogP contribution in [0, 0.1) is 34.8 Å². The van der Waals surface area contributed by atoms with Crippen LogP contribution in [-0.2, 0) is 14.8 Å². The van der Waals surface area contributed by atoms with Crippen LogP contribution < -0.4 is 10.3 Å². The fourth-order valence-corrected chi connectivity index (χ4v) is 6.28. The first kappa shape index (κ1) is 16.9. The molecule has 4 fully saturated rings. The van der Waals surface area contributed by atoms with E-state index in [2.05, 4.69) is 5.43 Å². The third kappa shape index (κ3) is 2.95. The minimum absolute atomic E-state index is 0.335. The van der Waals surface area contributed by atoms with Crippen LogP contribution in [0.15, 0.2) is 23.1 Å². The summed E-state index contributed by atoms with van der Waals surface area (Å²) in [4.78, 5) is 14.0. The Balaban J connectivity index is 1.48. The lowest BCUT2D eigenvalue weighted by atomic mass is 9.49. The minimum atomic E-state index is -4.30. The topological polar surface area (TPSA) is 75.3 Å². The van der Waals surface area contributed by atoms with Gasteiger partial charge in [0.05, 0.1) is 5.41 Å². The van der Waals surface area contributed by atoms with Crippen LogP contribution in [-0.4, -0.2) is 14.3 Å². The Labute approximate surface area is 145 Å². The van der Waals surface area contributed by atoms with Crippen LogP contribution in [0.5, 0.6) is 0 Å². The highest BCUT2D eigenvalue weighted by Crippen LogP contribution is 2.60. The van der Waals surface area contributed by atoms with E-state index in [1.165, 1.54) is 0 Å². The van der Waals surface area contributed by atoms with Gasteiger partial charge < -0.3 is 0 Å². The standard InChI is InChI=1S/C17H20F2N2O3S/c18-13-1-2-15(14(19)6-13)25(23,24)21-20-16(22)17-7-10-3-11(8-17)5-12(4-10)9-17/h1-2,6,10-12,21H,3-5,7-9H2,(H,20,22). The smallest absolute Gasteiger partial charge is 0.260 e. The van der Waals surface area contributed by atoms with E-state index in [9.17, 15) is 22.0 Å². The predicted octanol–water partition coefficient (Wildman–Crippen LogP) is 2.49. The summed E-state index contributed by atoms with van der Waals surface area (Å²) in [5.41, 5.74) is 1.77. The molecule has 0 aliphatic heterocycles. The third-order valence-corrected chi connectivity index (χ3v) is 7.28. The molecule has 0 heterocycles. The van der Waals surface area contributed by atoms with E-state index < -0.39 is 32.0 Å². The van der Waals surface area contributed by atoms with E-state index in [0.29, 0.717) is 23.8 Å². The summed E-state index contributed by atoms with van der Waals surface area (Å²) in [6.45, 7) is 0. The highest BCUT2D eigenvalue weighted by molar-refractivity contribution is 7.89. The van der Waals surface area contributed by atoms with Crippen molar-refractivity contribution in [3.05, 3.63) is 29.8 Å². The van der Waals surface area contributed by atoms with Crippen LogP contribution >= 0.6 is 0 Å². The first-order valence-electron chi connectivity index (χ1n) is 8.55. The molecule has 0 spiro atoms. The second-order valence-electron chi connectivity index (χ2n) is 7.83. The Morgan fingerprint density at radius 1 is 1.04 bits per heavy atom. The number of rotatable bonds is 4. The quantitative estimate of drug-likeness (QED) is 0.800. The van der Waals surface area contributed by atoms with Gasteiger partial charge in [-0.3, -0.25) is 10.2 Å². The second kappa shape index (κ2) is 5.74. The summed E-state index contributed by atoms with van der Waals surface area (Å²) in [6.07, 6.45) is 5.86.